The number of ether oxygens (including phenoxy) is 1. The molecule has 2 atom stereocenters. The van der Waals surface area contributed by atoms with Crippen molar-refractivity contribution < 1.29 is 14.6 Å². The van der Waals surface area contributed by atoms with Gasteiger partial charge in [-0.2, -0.15) is 0 Å². The minimum Gasteiger partial charge on any atom is -0.480 e. The highest BCUT2D eigenvalue weighted by molar-refractivity contribution is 5.73. The Morgan fingerprint density at radius 2 is 2.42 bits per heavy atom. The molecular weight excluding hydrogens is 158 g/mol. The van der Waals surface area contributed by atoms with E-state index < -0.39 is 5.97 Å². The molecule has 68 valence electrons. The Hall–Kier alpha value is -0.610. The number of carbonyl (C=O) groups is 1. The third kappa shape index (κ3) is 1.59. The fourth-order valence-electron chi connectivity index (χ4n) is 1.76. The second-order valence-electron chi connectivity index (χ2n) is 3.45. The van der Waals surface area contributed by atoms with Crippen LogP contribution < -0.4 is 0 Å². The zero-order valence-electron chi connectivity index (χ0n) is 6.90. The number of epoxide rings is 1. The molecule has 1 unspecified atom stereocenters. The second-order valence-corrected chi connectivity index (χ2v) is 3.45. The third-order valence-electron chi connectivity index (χ3n) is 2.49. The van der Waals surface area contributed by atoms with Gasteiger partial charge in [0.25, 0.3) is 0 Å². The van der Waals surface area contributed by atoms with Crippen molar-refractivity contribution in [2.45, 2.75) is 25.0 Å². The topological polar surface area (TPSA) is 53.1 Å². The molecule has 0 radical (unpaired) electrons. The van der Waals surface area contributed by atoms with Gasteiger partial charge in [0, 0.05) is 6.54 Å². The van der Waals surface area contributed by atoms with Crippen molar-refractivity contribution in [3.63, 3.8) is 0 Å². The number of likely N-dealkylation sites (tertiary alicyclic amines) is 1. The molecule has 0 aromatic carbocycles. The molecule has 0 spiro atoms. The van der Waals surface area contributed by atoms with Gasteiger partial charge in [0.15, 0.2) is 0 Å². The van der Waals surface area contributed by atoms with Crippen molar-refractivity contribution in [2.75, 3.05) is 19.7 Å². The van der Waals surface area contributed by atoms with Crippen molar-refractivity contribution in [2.24, 2.45) is 0 Å². The van der Waals surface area contributed by atoms with Gasteiger partial charge >= 0.3 is 5.97 Å². The van der Waals surface area contributed by atoms with E-state index in [1.807, 2.05) is 4.90 Å². The van der Waals surface area contributed by atoms with Crippen molar-refractivity contribution in [3.8, 4) is 0 Å². The number of carboxylic acid groups (broad SMARTS) is 1. The Labute approximate surface area is 71.1 Å². The van der Waals surface area contributed by atoms with Crippen LogP contribution in [0.15, 0.2) is 0 Å². The maximum atomic E-state index is 10.7. The van der Waals surface area contributed by atoms with Gasteiger partial charge in [-0.05, 0) is 19.4 Å². The standard InChI is InChI=1S/C8H13NO3/c10-8(11)7-2-1-3-9(7)4-6-5-12-6/h6-7H,1-5H2,(H,10,11)/t6?,7-/m0/s1. The fraction of sp³-hybridized carbons (Fsp3) is 0.875. The lowest BCUT2D eigenvalue weighted by Gasteiger charge is -2.19. The normalized spacial score (nSPS) is 35.3. The van der Waals surface area contributed by atoms with E-state index in [0.717, 1.165) is 32.5 Å². The Morgan fingerprint density at radius 3 is 3.00 bits per heavy atom. The van der Waals surface area contributed by atoms with Gasteiger partial charge < -0.3 is 9.84 Å². The molecule has 4 nitrogen and oxygen atoms in total. The average Bonchev–Trinajstić information content (AvgIpc) is 2.66. The number of hydrogen-bond acceptors (Lipinski definition) is 3. The molecule has 2 saturated heterocycles. The van der Waals surface area contributed by atoms with Crippen LogP contribution in [0.5, 0.6) is 0 Å². The quantitative estimate of drug-likeness (QED) is 0.604. The predicted octanol–water partition coefficient (Wildman–Crippen LogP) is -0.0658. The summed E-state index contributed by atoms with van der Waals surface area (Å²) in [6.45, 7) is 2.52. The Morgan fingerprint density at radius 1 is 1.67 bits per heavy atom. The van der Waals surface area contributed by atoms with Gasteiger partial charge in [0.1, 0.15) is 6.04 Å². The van der Waals surface area contributed by atoms with Gasteiger partial charge in [0.2, 0.25) is 0 Å². The molecular formula is C8H13NO3. The van der Waals surface area contributed by atoms with Gasteiger partial charge in [0.05, 0.1) is 12.7 Å². The molecule has 2 fully saturated rings. The van der Waals surface area contributed by atoms with Crippen molar-refractivity contribution in [3.05, 3.63) is 0 Å². The highest BCUT2D eigenvalue weighted by Crippen LogP contribution is 2.21. The van der Waals surface area contributed by atoms with E-state index in [0.29, 0.717) is 6.10 Å². The first-order chi connectivity index (χ1) is 5.77. The van der Waals surface area contributed by atoms with Crippen LogP contribution in [-0.2, 0) is 9.53 Å². The predicted molar refractivity (Wildman–Crippen MR) is 42.0 cm³/mol. The van der Waals surface area contributed by atoms with E-state index in [-0.39, 0.29) is 6.04 Å². The SMILES string of the molecule is O=C(O)[C@@H]1CCCN1CC1CO1. The van der Waals surface area contributed by atoms with Crippen LogP contribution in [0.4, 0.5) is 0 Å². The average molecular weight is 171 g/mol. The van der Waals surface area contributed by atoms with E-state index in [2.05, 4.69) is 0 Å². The summed E-state index contributed by atoms with van der Waals surface area (Å²) in [5, 5.41) is 8.83. The lowest BCUT2D eigenvalue weighted by atomic mass is 10.2. The van der Waals surface area contributed by atoms with Gasteiger partial charge in [-0.25, -0.2) is 0 Å². The van der Waals surface area contributed by atoms with Crippen molar-refractivity contribution in [1.29, 1.82) is 0 Å². The molecule has 0 bridgehead atoms. The molecule has 2 rings (SSSR count). The molecule has 0 saturated carbocycles. The van der Waals surface area contributed by atoms with E-state index in [9.17, 15) is 4.79 Å². The summed E-state index contributed by atoms with van der Waals surface area (Å²) in [6.07, 6.45) is 2.11. The smallest absolute Gasteiger partial charge is 0.320 e. The molecule has 2 aliphatic rings. The lowest BCUT2D eigenvalue weighted by molar-refractivity contribution is -0.142. The Balaban J connectivity index is 1.88. The van der Waals surface area contributed by atoms with Gasteiger partial charge in [-0.3, -0.25) is 9.69 Å². The number of hydrogen-bond donors (Lipinski definition) is 1. The molecule has 0 aliphatic carbocycles. The maximum absolute atomic E-state index is 10.7. The highest BCUT2D eigenvalue weighted by Gasteiger charge is 2.35. The first kappa shape index (κ1) is 8.01. The summed E-state index contributed by atoms with van der Waals surface area (Å²) in [4.78, 5) is 12.7. The molecule has 0 amide bonds. The highest BCUT2D eigenvalue weighted by atomic mass is 16.6. The lowest BCUT2D eigenvalue weighted by Crippen LogP contribution is -2.38. The molecule has 0 aromatic heterocycles. The summed E-state index contributed by atoms with van der Waals surface area (Å²) in [7, 11) is 0. The van der Waals surface area contributed by atoms with Gasteiger partial charge in [-0.15, -0.1) is 0 Å². The molecule has 0 aromatic rings. The number of carboxylic acids is 1. The number of nitrogens with zero attached hydrogens (tertiary/aromatic N) is 1. The van der Waals surface area contributed by atoms with E-state index in [1.54, 1.807) is 0 Å². The van der Waals surface area contributed by atoms with Crippen molar-refractivity contribution in [1.82, 2.24) is 4.90 Å². The third-order valence-corrected chi connectivity index (χ3v) is 2.49. The molecule has 2 aliphatic heterocycles. The van der Waals surface area contributed by atoms with Crippen LogP contribution in [-0.4, -0.2) is 47.8 Å². The molecule has 4 heteroatoms. The first-order valence-electron chi connectivity index (χ1n) is 4.36. The summed E-state index contributed by atoms with van der Waals surface area (Å²) >= 11 is 0. The van der Waals surface area contributed by atoms with Gasteiger partial charge in [-0.1, -0.05) is 0 Å². The summed E-state index contributed by atoms with van der Waals surface area (Å²) < 4.78 is 5.06. The summed E-state index contributed by atoms with van der Waals surface area (Å²) in [6, 6.07) is -0.255. The van der Waals surface area contributed by atoms with Crippen LogP contribution in [0.1, 0.15) is 12.8 Å². The second kappa shape index (κ2) is 3.03. The summed E-state index contributed by atoms with van der Waals surface area (Å²) in [5.74, 6) is -0.687. The summed E-state index contributed by atoms with van der Waals surface area (Å²) in [5.41, 5.74) is 0. The maximum Gasteiger partial charge on any atom is 0.320 e. The monoisotopic (exact) mass is 171 g/mol. The van der Waals surface area contributed by atoms with E-state index >= 15 is 0 Å². The van der Waals surface area contributed by atoms with Crippen LogP contribution in [0, 0.1) is 0 Å². The van der Waals surface area contributed by atoms with Crippen LogP contribution in [0.2, 0.25) is 0 Å². The van der Waals surface area contributed by atoms with Crippen LogP contribution >= 0.6 is 0 Å². The van der Waals surface area contributed by atoms with Crippen molar-refractivity contribution >= 4 is 5.97 Å². The molecule has 2 heterocycles. The van der Waals surface area contributed by atoms with Crippen LogP contribution in [0.3, 0.4) is 0 Å². The number of aliphatic carboxylic acids is 1. The Bertz CT molecular complexity index is 191. The Kier molecular flexibility index (Phi) is 2.02. The van der Waals surface area contributed by atoms with Crippen LogP contribution in [0.25, 0.3) is 0 Å². The fourth-order valence-corrected chi connectivity index (χ4v) is 1.76. The number of rotatable bonds is 3. The molecule has 1 N–H and O–H groups in total. The van der Waals surface area contributed by atoms with E-state index in [4.69, 9.17) is 9.84 Å². The zero-order valence-corrected chi connectivity index (χ0v) is 6.90. The van der Waals surface area contributed by atoms with E-state index in [1.165, 1.54) is 0 Å². The first-order valence-corrected chi connectivity index (χ1v) is 4.36. The minimum atomic E-state index is -0.687. The molecule has 12 heavy (non-hydrogen) atoms. The minimum absolute atomic E-state index is 0.255. The largest absolute Gasteiger partial charge is 0.480 e. The zero-order chi connectivity index (χ0) is 8.55.